The minimum absolute atomic E-state index is 0.384. The molecule has 0 N–H and O–H groups in total. The molecule has 3 heteroatoms. The van der Waals surface area contributed by atoms with Crippen molar-refractivity contribution in [3.63, 3.8) is 0 Å². The number of nitrogens with zero attached hydrogens (tertiary/aromatic N) is 3. The second kappa shape index (κ2) is 3.42. The highest BCUT2D eigenvalue weighted by Crippen LogP contribution is 2.27. The van der Waals surface area contributed by atoms with E-state index in [-0.39, 0.29) is 0 Å². The van der Waals surface area contributed by atoms with Gasteiger partial charge in [0.15, 0.2) is 0 Å². The summed E-state index contributed by atoms with van der Waals surface area (Å²) in [6, 6.07) is 0.875. The van der Waals surface area contributed by atoms with E-state index in [1.54, 1.807) is 0 Å². The summed E-state index contributed by atoms with van der Waals surface area (Å²) >= 11 is 0. The molecule has 0 aliphatic carbocycles. The minimum atomic E-state index is 0.384. The van der Waals surface area contributed by atoms with Gasteiger partial charge in [0, 0.05) is 7.05 Å². The van der Waals surface area contributed by atoms with Gasteiger partial charge in [-0.2, -0.15) is 5.11 Å². The molecule has 0 aromatic carbocycles. The second-order valence-electron chi connectivity index (χ2n) is 4.25. The van der Waals surface area contributed by atoms with Crippen LogP contribution in [0.4, 0.5) is 0 Å². The van der Waals surface area contributed by atoms with E-state index >= 15 is 0 Å². The second-order valence-corrected chi connectivity index (χ2v) is 4.25. The molecule has 3 nitrogen and oxygen atoms in total. The molecule has 2 unspecified atom stereocenters. The van der Waals surface area contributed by atoms with Crippen LogP contribution in [0.5, 0.6) is 0 Å². The molecule has 1 aliphatic heterocycles. The molecule has 0 spiro atoms. The third kappa shape index (κ3) is 1.59. The van der Waals surface area contributed by atoms with Crippen molar-refractivity contribution in [2.24, 2.45) is 22.2 Å². The van der Waals surface area contributed by atoms with Crippen molar-refractivity contribution in [1.29, 1.82) is 0 Å². The van der Waals surface area contributed by atoms with Crippen LogP contribution >= 0.6 is 0 Å². The number of hydrogen-bond acceptors (Lipinski definition) is 3. The predicted octanol–water partition coefficient (Wildman–Crippen LogP) is 2.35. The molecule has 0 aromatic rings. The molecule has 0 amide bonds. The monoisotopic (exact) mass is 169 g/mol. The zero-order chi connectivity index (χ0) is 9.30. The SMILES string of the molecule is CC(C)C1N=NN(C)C1C(C)C. The third-order valence-corrected chi connectivity index (χ3v) is 2.47. The molecule has 1 heterocycles. The highest BCUT2D eigenvalue weighted by atomic mass is 15.6. The Morgan fingerprint density at radius 2 is 1.67 bits per heavy atom. The van der Waals surface area contributed by atoms with E-state index < -0.39 is 0 Å². The van der Waals surface area contributed by atoms with Crippen molar-refractivity contribution in [3.8, 4) is 0 Å². The lowest BCUT2D eigenvalue weighted by Gasteiger charge is -2.27. The van der Waals surface area contributed by atoms with Crippen LogP contribution in [0, 0.1) is 11.8 Å². The van der Waals surface area contributed by atoms with Crippen molar-refractivity contribution in [1.82, 2.24) is 5.01 Å². The third-order valence-electron chi connectivity index (χ3n) is 2.47. The Morgan fingerprint density at radius 1 is 1.08 bits per heavy atom. The van der Waals surface area contributed by atoms with Crippen LogP contribution in [-0.2, 0) is 0 Å². The fourth-order valence-corrected chi connectivity index (χ4v) is 1.84. The van der Waals surface area contributed by atoms with E-state index in [4.69, 9.17) is 0 Å². The smallest absolute Gasteiger partial charge is 0.0974 e. The molecule has 0 saturated carbocycles. The Morgan fingerprint density at radius 3 is 2.00 bits per heavy atom. The van der Waals surface area contributed by atoms with Crippen molar-refractivity contribution in [2.75, 3.05) is 7.05 Å². The van der Waals surface area contributed by atoms with Crippen LogP contribution in [-0.4, -0.2) is 24.1 Å². The van der Waals surface area contributed by atoms with Crippen LogP contribution in [0.1, 0.15) is 27.7 Å². The van der Waals surface area contributed by atoms with E-state index in [1.165, 1.54) is 0 Å². The summed E-state index contributed by atoms with van der Waals surface area (Å²) in [6.45, 7) is 8.87. The largest absolute Gasteiger partial charge is 0.276 e. The fraction of sp³-hybridized carbons (Fsp3) is 1.00. The summed E-state index contributed by atoms with van der Waals surface area (Å²) in [4.78, 5) is 0. The maximum Gasteiger partial charge on any atom is 0.0974 e. The summed E-state index contributed by atoms with van der Waals surface area (Å²) < 4.78 is 0. The standard InChI is InChI=1S/C9H19N3/c1-6(2)8-9(7(3)4)12(5)11-10-8/h6-9H,1-5H3. The van der Waals surface area contributed by atoms with Crippen LogP contribution < -0.4 is 0 Å². The maximum atomic E-state index is 4.27. The molecule has 0 aromatic heterocycles. The molecule has 0 bridgehead atoms. The van der Waals surface area contributed by atoms with Gasteiger partial charge in [-0.15, -0.1) is 0 Å². The molecular weight excluding hydrogens is 150 g/mol. The average molecular weight is 169 g/mol. The van der Waals surface area contributed by atoms with Crippen molar-refractivity contribution < 1.29 is 0 Å². The van der Waals surface area contributed by atoms with Crippen LogP contribution in [0.15, 0.2) is 10.3 Å². The quantitative estimate of drug-likeness (QED) is 0.623. The van der Waals surface area contributed by atoms with Crippen LogP contribution in [0.3, 0.4) is 0 Å². The van der Waals surface area contributed by atoms with Gasteiger partial charge in [-0.25, -0.2) is 0 Å². The highest BCUT2D eigenvalue weighted by Gasteiger charge is 2.34. The molecule has 12 heavy (non-hydrogen) atoms. The minimum Gasteiger partial charge on any atom is -0.276 e. The number of rotatable bonds is 2. The normalized spacial score (nSPS) is 29.4. The van der Waals surface area contributed by atoms with Crippen molar-refractivity contribution in [3.05, 3.63) is 0 Å². The van der Waals surface area contributed by atoms with Gasteiger partial charge in [-0.1, -0.05) is 32.9 Å². The lowest BCUT2D eigenvalue weighted by Crippen LogP contribution is -2.39. The predicted molar refractivity (Wildman–Crippen MR) is 49.9 cm³/mol. The van der Waals surface area contributed by atoms with E-state index in [0.29, 0.717) is 23.9 Å². The number of hydrogen-bond donors (Lipinski definition) is 0. The molecule has 1 aliphatic rings. The lowest BCUT2D eigenvalue weighted by molar-refractivity contribution is 0.194. The molecule has 0 fully saturated rings. The average Bonchev–Trinajstić information content (AvgIpc) is 2.30. The topological polar surface area (TPSA) is 28.0 Å². The van der Waals surface area contributed by atoms with Crippen molar-refractivity contribution in [2.45, 2.75) is 39.8 Å². The Kier molecular flexibility index (Phi) is 2.70. The summed E-state index contributed by atoms with van der Waals surface area (Å²) in [5.41, 5.74) is 0. The van der Waals surface area contributed by atoms with Gasteiger partial charge in [0.1, 0.15) is 0 Å². The van der Waals surface area contributed by atoms with Gasteiger partial charge < -0.3 is 0 Å². The van der Waals surface area contributed by atoms with Gasteiger partial charge in [-0.3, -0.25) is 5.01 Å². The van der Waals surface area contributed by atoms with Gasteiger partial charge in [-0.05, 0) is 11.8 Å². The number of likely N-dealkylation sites (N-methyl/N-ethyl adjacent to an activating group) is 1. The molecule has 70 valence electrons. The summed E-state index contributed by atoms with van der Waals surface area (Å²) in [6.07, 6.45) is 0. The van der Waals surface area contributed by atoms with Crippen LogP contribution in [0.2, 0.25) is 0 Å². The first-order chi connectivity index (χ1) is 5.54. The maximum absolute atomic E-state index is 4.27. The van der Waals surface area contributed by atoms with Gasteiger partial charge in [0.2, 0.25) is 0 Å². The Bertz CT molecular complexity index is 175. The first-order valence-electron chi connectivity index (χ1n) is 4.67. The van der Waals surface area contributed by atoms with E-state index in [9.17, 15) is 0 Å². The summed E-state index contributed by atoms with van der Waals surface area (Å²) in [5.74, 6) is 1.21. The van der Waals surface area contributed by atoms with Gasteiger partial charge in [0.05, 0.1) is 12.1 Å². The Hall–Kier alpha value is -0.600. The van der Waals surface area contributed by atoms with E-state index in [1.807, 2.05) is 12.1 Å². The molecular formula is C9H19N3. The van der Waals surface area contributed by atoms with E-state index in [0.717, 1.165) is 0 Å². The first kappa shape index (κ1) is 9.49. The zero-order valence-electron chi connectivity index (χ0n) is 8.65. The Labute approximate surface area is 74.8 Å². The molecule has 1 rings (SSSR count). The lowest BCUT2D eigenvalue weighted by atomic mass is 9.90. The zero-order valence-corrected chi connectivity index (χ0v) is 8.65. The molecule has 0 radical (unpaired) electrons. The summed E-state index contributed by atoms with van der Waals surface area (Å²) in [5, 5.41) is 10.4. The highest BCUT2D eigenvalue weighted by molar-refractivity contribution is 4.88. The Balaban J connectivity index is 2.69. The summed E-state index contributed by atoms with van der Waals surface area (Å²) in [7, 11) is 2.01. The van der Waals surface area contributed by atoms with Gasteiger partial charge >= 0.3 is 0 Å². The molecule has 2 atom stereocenters. The van der Waals surface area contributed by atoms with Crippen LogP contribution in [0.25, 0.3) is 0 Å². The fourth-order valence-electron chi connectivity index (χ4n) is 1.84. The van der Waals surface area contributed by atoms with Crippen molar-refractivity contribution >= 4 is 0 Å². The molecule has 0 saturated heterocycles. The van der Waals surface area contributed by atoms with Gasteiger partial charge in [0.25, 0.3) is 0 Å². The first-order valence-corrected chi connectivity index (χ1v) is 4.67. The van der Waals surface area contributed by atoms with E-state index in [2.05, 4.69) is 38.0 Å².